The van der Waals surface area contributed by atoms with Gasteiger partial charge in [-0.25, -0.2) is 0 Å². The highest BCUT2D eigenvalue weighted by atomic mass is 35.5. The van der Waals surface area contributed by atoms with E-state index in [4.69, 9.17) is 27.3 Å². The number of benzene rings is 2. The van der Waals surface area contributed by atoms with E-state index in [1.165, 1.54) is 0 Å². The standard InChI is InChI=1S/C14H11ClN2O/c1-9-6-12(4-5-13(9)17)18-14-7-11(15)3-2-10(14)8-16/h2-7H,17H2,1H3. The third-order valence-corrected chi connectivity index (χ3v) is 2.77. The van der Waals surface area contributed by atoms with Gasteiger partial charge in [0, 0.05) is 16.8 Å². The topological polar surface area (TPSA) is 59.0 Å². The number of halogens is 1. The van der Waals surface area contributed by atoms with Crippen LogP contribution in [-0.2, 0) is 0 Å². The van der Waals surface area contributed by atoms with E-state index < -0.39 is 0 Å². The predicted molar refractivity (Wildman–Crippen MR) is 71.8 cm³/mol. The van der Waals surface area contributed by atoms with Crippen molar-refractivity contribution in [2.24, 2.45) is 0 Å². The van der Waals surface area contributed by atoms with Crippen molar-refractivity contribution in [3.05, 3.63) is 52.5 Å². The lowest BCUT2D eigenvalue weighted by atomic mass is 10.2. The molecule has 0 heterocycles. The molecule has 0 aliphatic rings. The average molecular weight is 259 g/mol. The van der Waals surface area contributed by atoms with Gasteiger partial charge in [0.15, 0.2) is 0 Å². The molecule has 2 N–H and O–H groups in total. The van der Waals surface area contributed by atoms with Gasteiger partial charge in [-0.15, -0.1) is 0 Å². The van der Waals surface area contributed by atoms with E-state index in [2.05, 4.69) is 6.07 Å². The number of anilines is 1. The molecule has 3 nitrogen and oxygen atoms in total. The SMILES string of the molecule is Cc1cc(Oc2cc(Cl)ccc2C#N)ccc1N. The van der Waals surface area contributed by atoms with E-state index in [-0.39, 0.29) is 0 Å². The van der Waals surface area contributed by atoms with Crippen molar-refractivity contribution >= 4 is 17.3 Å². The van der Waals surface area contributed by atoms with Crippen LogP contribution in [0.4, 0.5) is 5.69 Å². The number of nitrogens with two attached hydrogens (primary N) is 1. The van der Waals surface area contributed by atoms with Crippen LogP contribution in [0.5, 0.6) is 11.5 Å². The summed E-state index contributed by atoms with van der Waals surface area (Å²) in [6.07, 6.45) is 0. The summed E-state index contributed by atoms with van der Waals surface area (Å²) in [5, 5.41) is 9.52. The van der Waals surface area contributed by atoms with Gasteiger partial charge in [-0.1, -0.05) is 11.6 Å². The average Bonchev–Trinajstić information content (AvgIpc) is 2.34. The summed E-state index contributed by atoms with van der Waals surface area (Å²) in [7, 11) is 0. The molecule has 0 atom stereocenters. The molecule has 0 bridgehead atoms. The lowest BCUT2D eigenvalue weighted by Gasteiger charge is -2.09. The minimum absolute atomic E-state index is 0.439. The molecule has 0 aliphatic carbocycles. The Bertz CT molecular complexity index is 632. The molecule has 2 aromatic rings. The molecule has 0 aliphatic heterocycles. The summed E-state index contributed by atoms with van der Waals surface area (Å²) < 4.78 is 5.65. The maximum absolute atomic E-state index is 8.99. The van der Waals surface area contributed by atoms with Crippen molar-refractivity contribution in [2.75, 3.05) is 5.73 Å². The third-order valence-electron chi connectivity index (χ3n) is 2.53. The summed E-state index contributed by atoms with van der Waals surface area (Å²) in [6.45, 7) is 1.89. The summed E-state index contributed by atoms with van der Waals surface area (Å²) in [6, 6.07) is 12.3. The first-order chi connectivity index (χ1) is 8.60. The highest BCUT2D eigenvalue weighted by Crippen LogP contribution is 2.29. The molecule has 0 saturated heterocycles. The Morgan fingerprint density at radius 3 is 2.67 bits per heavy atom. The quantitative estimate of drug-likeness (QED) is 0.831. The lowest BCUT2D eigenvalue weighted by molar-refractivity contribution is 0.481. The second-order valence-corrected chi connectivity index (χ2v) is 4.31. The van der Waals surface area contributed by atoms with Crippen LogP contribution in [0.1, 0.15) is 11.1 Å². The van der Waals surface area contributed by atoms with Crippen molar-refractivity contribution in [3.8, 4) is 17.6 Å². The minimum atomic E-state index is 0.439. The summed E-state index contributed by atoms with van der Waals surface area (Å²) in [5.41, 5.74) is 7.80. The molecule has 2 aromatic carbocycles. The summed E-state index contributed by atoms with van der Waals surface area (Å²) in [4.78, 5) is 0. The molecule has 0 fully saturated rings. The molecule has 18 heavy (non-hydrogen) atoms. The maximum Gasteiger partial charge on any atom is 0.146 e. The van der Waals surface area contributed by atoms with Crippen LogP contribution in [-0.4, -0.2) is 0 Å². The van der Waals surface area contributed by atoms with Crippen LogP contribution >= 0.6 is 11.6 Å². The Kier molecular flexibility index (Phi) is 3.40. The monoisotopic (exact) mass is 258 g/mol. The van der Waals surface area contributed by atoms with Crippen LogP contribution in [0.25, 0.3) is 0 Å². The third kappa shape index (κ3) is 2.55. The highest BCUT2D eigenvalue weighted by molar-refractivity contribution is 6.30. The Hall–Kier alpha value is -2.18. The summed E-state index contributed by atoms with van der Waals surface area (Å²) in [5.74, 6) is 1.06. The number of ether oxygens (including phenoxy) is 1. The molecular formula is C14H11ClN2O. The van der Waals surface area contributed by atoms with Gasteiger partial charge in [-0.05, 0) is 42.8 Å². The van der Waals surface area contributed by atoms with Crippen molar-refractivity contribution in [2.45, 2.75) is 6.92 Å². The molecule has 0 saturated carbocycles. The first kappa shape index (κ1) is 12.3. The number of nitriles is 1. The van der Waals surface area contributed by atoms with Crippen molar-refractivity contribution in [1.29, 1.82) is 5.26 Å². The second kappa shape index (κ2) is 4.99. The number of aryl methyl sites for hydroxylation is 1. The molecular weight excluding hydrogens is 248 g/mol. The normalized spacial score (nSPS) is 9.83. The van der Waals surface area contributed by atoms with Gasteiger partial charge >= 0.3 is 0 Å². The predicted octanol–water partition coefficient (Wildman–Crippen LogP) is 3.89. The molecule has 4 heteroatoms. The van der Waals surface area contributed by atoms with Gasteiger partial charge in [0.1, 0.15) is 17.6 Å². The largest absolute Gasteiger partial charge is 0.456 e. The molecule has 0 radical (unpaired) electrons. The van der Waals surface area contributed by atoms with Gasteiger partial charge in [-0.2, -0.15) is 5.26 Å². The zero-order valence-electron chi connectivity index (χ0n) is 9.77. The van der Waals surface area contributed by atoms with E-state index in [0.717, 1.165) is 5.56 Å². The Morgan fingerprint density at radius 2 is 2.00 bits per heavy atom. The molecule has 2 rings (SSSR count). The van der Waals surface area contributed by atoms with E-state index in [1.54, 1.807) is 30.3 Å². The Morgan fingerprint density at radius 1 is 1.22 bits per heavy atom. The van der Waals surface area contributed by atoms with Crippen LogP contribution in [0, 0.1) is 18.3 Å². The fourth-order valence-electron chi connectivity index (χ4n) is 1.51. The van der Waals surface area contributed by atoms with Crippen molar-refractivity contribution in [1.82, 2.24) is 0 Å². The van der Waals surface area contributed by atoms with Gasteiger partial charge in [0.2, 0.25) is 0 Å². The van der Waals surface area contributed by atoms with Crippen LogP contribution < -0.4 is 10.5 Å². The van der Waals surface area contributed by atoms with E-state index >= 15 is 0 Å². The number of hydrogen-bond acceptors (Lipinski definition) is 3. The van der Waals surface area contributed by atoms with Crippen LogP contribution in [0.15, 0.2) is 36.4 Å². The number of rotatable bonds is 2. The smallest absolute Gasteiger partial charge is 0.146 e. The van der Waals surface area contributed by atoms with Crippen molar-refractivity contribution < 1.29 is 4.74 Å². The van der Waals surface area contributed by atoms with Crippen molar-refractivity contribution in [3.63, 3.8) is 0 Å². The fraction of sp³-hybridized carbons (Fsp3) is 0.0714. The lowest BCUT2D eigenvalue weighted by Crippen LogP contribution is -1.92. The van der Waals surface area contributed by atoms with E-state index in [1.807, 2.05) is 13.0 Å². The highest BCUT2D eigenvalue weighted by Gasteiger charge is 2.06. The van der Waals surface area contributed by atoms with Gasteiger partial charge in [-0.3, -0.25) is 0 Å². The molecule has 0 aromatic heterocycles. The fourth-order valence-corrected chi connectivity index (χ4v) is 1.67. The maximum atomic E-state index is 8.99. The van der Waals surface area contributed by atoms with Gasteiger partial charge < -0.3 is 10.5 Å². The van der Waals surface area contributed by atoms with E-state index in [9.17, 15) is 0 Å². The second-order valence-electron chi connectivity index (χ2n) is 3.87. The van der Waals surface area contributed by atoms with Gasteiger partial charge in [0.05, 0.1) is 5.56 Å². The zero-order valence-corrected chi connectivity index (χ0v) is 10.5. The Labute approximate surface area is 110 Å². The van der Waals surface area contributed by atoms with Gasteiger partial charge in [0.25, 0.3) is 0 Å². The number of hydrogen-bond donors (Lipinski definition) is 1. The molecule has 90 valence electrons. The minimum Gasteiger partial charge on any atom is -0.456 e. The Balaban J connectivity index is 2.36. The number of nitrogen functional groups attached to an aromatic ring is 1. The zero-order chi connectivity index (χ0) is 13.1. The van der Waals surface area contributed by atoms with E-state index in [0.29, 0.717) is 27.8 Å². The number of nitrogens with zero attached hydrogens (tertiary/aromatic N) is 1. The van der Waals surface area contributed by atoms with Crippen LogP contribution in [0.3, 0.4) is 0 Å². The molecule has 0 amide bonds. The summed E-state index contributed by atoms with van der Waals surface area (Å²) >= 11 is 5.89. The first-order valence-corrected chi connectivity index (χ1v) is 5.71. The first-order valence-electron chi connectivity index (χ1n) is 5.34. The van der Waals surface area contributed by atoms with Crippen LogP contribution in [0.2, 0.25) is 5.02 Å². The molecule has 0 spiro atoms. The molecule has 0 unspecified atom stereocenters.